The monoisotopic (exact) mass is 406 g/mol. The molecule has 2 rings (SSSR count). The average molecular weight is 406 g/mol. The number of benzene rings is 1. The molecule has 142 valence electrons. The van der Waals surface area contributed by atoms with E-state index in [1.165, 1.54) is 36.4 Å². The van der Waals surface area contributed by atoms with E-state index in [1.54, 1.807) is 12.3 Å². The van der Waals surface area contributed by atoms with E-state index in [-0.39, 0.29) is 9.77 Å². The van der Waals surface area contributed by atoms with Crippen LogP contribution < -0.4 is 5.32 Å². The van der Waals surface area contributed by atoms with Crippen molar-refractivity contribution in [2.24, 2.45) is 0 Å². The fourth-order valence-electron chi connectivity index (χ4n) is 2.17. The van der Waals surface area contributed by atoms with Gasteiger partial charge in [-0.25, -0.2) is 8.42 Å². The molecule has 1 aromatic carbocycles. The number of rotatable bonds is 6. The van der Waals surface area contributed by atoms with Gasteiger partial charge in [-0.2, -0.15) is 17.5 Å². The molecule has 0 aliphatic carbocycles. The van der Waals surface area contributed by atoms with Crippen LogP contribution in [-0.4, -0.2) is 38.4 Å². The Morgan fingerprint density at radius 2 is 1.85 bits per heavy atom. The number of hydrogen-bond acceptors (Lipinski definition) is 4. The second-order valence-corrected chi connectivity index (χ2v) is 8.87. The number of alkyl halides is 3. The minimum atomic E-state index is -4.71. The number of aryl methyl sites for hydroxylation is 1. The molecular weight excluding hydrogens is 389 g/mol. The van der Waals surface area contributed by atoms with Crippen LogP contribution in [0.15, 0.2) is 46.0 Å². The number of nitrogens with zero attached hydrogens (tertiary/aromatic N) is 1. The van der Waals surface area contributed by atoms with Crippen molar-refractivity contribution in [3.63, 3.8) is 0 Å². The Hall–Kier alpha value is -1.91. The standard InChI is InChI=1S/C16H17F3N2O3S2/c1-11-5-7-12(8-6-11)15(16(17,18)19)20-13(22)10-21(2)26(23,24)14-4-3-9-25-14/h3-9,15H,10H2,1-2H3,(H,20,22). The van der Waals surface area contributed by atoms with Crippen LogP contribution in [0.2, 0.25) is 0 Å². The normalized spacial score (nSPS) is 13.6. The molecule has 1 N–H and O–H groups in total. The van der Waals surface area contributed by atoms with Crippen molar-refractivity contribution < 1.29 is 26.4 Å². The Morgan fingerprint density at radius 1 is 1.23 bits per heavy atom. The molecule has 2 aromatic rings. The predicted molar refractivity (Wildman–Crippen MR) is 92.3 cm³/mol. The number of sulfonamides is 1. The van der Waals surface area contributed by atoms with E-state index in [1.807, 2.05) is 5.32 Å². The van der Waals surface area contributed by atoms with Crippen molar-refractivity contribution in [3.05, 3.63) is 52.9 Å². The van der Waals surface area contributed by atoms with Gasteiger partial charge in [0.05, 0.1) is 6.54 Å². The summed E-state index contributed by atoms with van der Waals surface area (Å²) in [6, 6.07) is 6.25. The van der Waals surface area contributed by atoms with Gasteiger partial charge in [-0.3, -0.25) is 4.79 Å². The molecule has 0 fully saturated rings. The number of amides is 1. The van der Waals surface area contributed by atoms with Crippen molar-refractivity contribution in [2.45, 2.75) is 23.4 Å². The van der Waals surface area contributed by atoms with Crippen molar-refractivity contribution in [1.29, 1.82) is 0 Å². The molecule has 1 heterocycles. The van der Waals surface area contributed by atoms with Crippen LogP contribution in [0, 0.1) is 6.92 Å². The molecule has 0 aliphatic heterocycles. The second kappa shape index (κ2) is 7.77. The summed E-state index contributed by atoms with van der Waals surface area (Å²) in [6.07, 6.45) is -4.71. The maximum atomic E-state index is 13.3. The Labute approximate surface area is 153 Å². The molecule has 1 amide bonds. The number of likely N-dealkylation sites (N-methyl/N-ethyl adjacent to an activating group) is 1. The zero-order valence-electron chi connectivity index (χ0n) is 13.9. The van der Waals surface area contributed by atoms with E-state index in [0.717, 1.165) is 28.3 Å². The van der Waals surface area contributed by atoms with Crippen LogP contribution in [0.4, 0.5) is 13.2 Å². The predicted octanol–water partition coefficient (Wildman–Crippen LogP) is 3.10. The summed E-state index contributed by atoms with van der Waals surface area (Å²) < 4.78 is 65.2. The van der Waals surface area contributed by atoms with Crippen LogP contribution in [0.5, 0.6) is 0 Å². The third-order valence-corrected chi connectivity index (χ3v) is 6.75. The summed E-state index contributed by atoms with van der Waals surface area (Å²) in [4.78, 5) is 12.1. The Kier molecular flexibility index (Phi) is 6.09. The number of halogens is 3. The van der Waals surface area contributed by atoms with Gasteiger partial charge in [0.25, 0.3) is 10.0 Å². The fraction of sp³-hybridized carbons (Fsp3) is 0.312. The highest BCUT2D eigenvalue weighted by Crippen LogP contribution is 2.32. The van der Waals surface area contributed by atoms with Crippen molar-refractivity contribution in [1.82, 2.24) is 9.62 Å². The van der Waals surface area contributed by atoms with Gasteiger partial charge in [-0.05, 0) is 23.9 Å². The molecule has 1 unspecified atom stereocenters. The summed E-state index contributed by atoms with van der Waals surface area (Å²) >= 11 is 0.960. The Morgan fingerprint density at radius 3 is 2.35 bits per heavy atom. The summed E-state index contributed by atoms with van der Waals surface area (Å²) in [5.41, 5.74) is 0.656. The first-order valence-corrected chi connectivity index (χ1v) is 9.76. The highest BCUT2D eigenvalue weighted by Gasteiger charge is 2.42. The average Bonchev–Trinajstić information content (AvgIpc) is 3.07. The molecule has 0 radical (unpaired) electrons. The van der Waals surface area contributed by atoms with E-state index in [0.29, 0.717) is 0 Å². The fourth-order valence-corrected chi connectivity index (χ4v) is 4.50. The molecule has 0 bridgehead atoms. The maximum Gasteiger partial charge on any atom is 0.412 e. The highest BCUT2D eigenvalue weighted by atomic mass is 32.2. The lowest BCUT2D eigenvalue weighted by atomic mass is 10.0. The number of hydrogen-bond donors (Lipinski definition) is 1. The smallest absolute Gasteiger partial charge is 0.340 e. The first-order chi connectivity index (χ1) is 12.0. The molecule has 0 aliphatic rings. The van der Waals surface area contributed by atoms with E-state index in [2.05, 4.69) is 0 Å². The van der Waals surface area contributed by atoms with Gasteiger partial charge in [0.2, 0.25) is 5.91 Å². The number of thiophene rings is 1. The quantitative estimate of drug-likeness (QED) is 0.802. The van der Waals surface area contributed by atoms with Crippen LogP contribution in [-0.2, 0) is 14.8 Å². The molecular formula is C16H17F3N2O3S2. The molecule has 0 saturated carbocycles. The van der Waals surface area contributed by atoms with Gasteiger partial charge < -0.3 is 5.32 Å². The van der Waals surface area contributed by atoms with Crippen LogP contribution in [0.1, 0.15) is 17.2 Å². The molecule has 10 heteroatoms. The Bertz CT molecular complexity index is 848. The van der Waals surface area contributed by atoms with Crippen LogP contribution >= 0.6 is 11.3 Å². The lowest BCUT2D eigenvalue weighted by Gasteiger charge is -2.23. The largest absolute Gasteiger partial charge is 0.412 e. The summed E-state index contributed by atoms with van der Waals surface area (Å²) in [7, 11) is -2.78. The lowest BCUT2D eigenvalue weighted by Crippen LogP contribution is -2.43. The topological polar surface area (TPSA) is 66.5 Å². The molecule has 0 spiro atoms. The van der Waals surface area contributed by atoms with E-state index in [9.17, 15) is 26.4 Å². The summed E-state index contributed by atoms with van der Waals surface area (Å²) in [6.45, 7) is 1.01. The molecule has 1 atom stereocenters. The van der Waals surface area contributed by atoms with Gasteiger partial charge in [0, 0.05) is 7.05 Å². The van der Waals surface area contributed by atoms with Crippen LogP contribution in [0.25, 0.3) is 0 Å². The van der Waals surface area contributed by atoms with Crippen molar-refractivity contribution >= 4 is 27.3 Å². The van der Waals surface area contributed by atoms with Gasteiger partial charge in [0.15, 0.2) is 6.04 Å². The zero-order chi connectivity index (χ0) is 19.5. The maximum absolute atomic E-state index is 13.3. The van der Waals surface area contributed by atoms with Gasteiger partial charge >= 0.3 is 6.18 Å². The molecule has 0 saturated heterocycles. The highest BCUT2D eigenvalue weighted by molar-refractivity contribution is 7.91. The van der Waals surface area contributed by atoms with Crippen LogP contribution in [0.3, 0.4) is 0 Å². The van der Waals surface area contributed by atoms with Gasteiger partial charge in [0.1, 0.15) is 4.21 Å². The minimum absolute atomic E-state index is 0.0127. The van der Waals surface area contributed by atoms with Crippen molar-refractivity contribution in [3.8, 4) is 0 Å². The number of carbonyl (C=O) groups is 1. The van der Waals surface area contributed by atoms with E-state index >= 15 is 0 Å². The zero-order valence-corrected chi connectivity index (χ0v) is 15.6. The lowest BCUT2D eigenvalue weighted by molar-refractivity contribution is -0.163. The number of carbonyl (C=O) groups excluding carboxylic acids is 1. The van der Waals surface area contributed by atoms with Crippen molar-refractivity contribution in [2.75, 3.05) is 13.6 Å². The SMILES string of the molecule is Cc1ccc(C(NC(=O)CN(C)S(=O)(=O)c2cccs2)C(F)(F)F)cc1. The molecule has 1 aromatic heterocycles. The van der Waals surface area contributed by atoms with E-state index in [4.69, 9.17) is 0 Å². The minimum Gasteiger partial charge on any atom is -0.340 e. The molecule has 5 nitrogen and oxygen atoms in total. The summed E-state index contributed by atoms with van der Waals surface area (Å²) in [5.74, 6) is -1.05. The third-order valence-electron chi connectivity index (χ3n) is 3.57. The first kappa shape index (κ1) is 20.4. The van der Waals surface area contributed by atoms with E-state index < -0.39 is 34.7 Å². The Balaban J connectivity index is 2.14. The summed E-state index contributed by atoms with van der Waals surface area (Å²) in [5, 5.41) is 3.43. The van der Waals surface area contributed by atoms with Gasteiger partial charge in [-0.15, -0.1) is 11.3 Å². The first-order valence-electron chi connectivity index (χ1n) is 7.44. The van der Waals surface area contributed by atoms with Gasteiger partial charge in [-0.1, -0.05) is 35.9 Å². The molecule has 26 heavy (non-hydrogen) atoms. The second-order valence-electron chi connectivity index (χ2n) is 5.65. The number of nitrogens with one attached hydrogen (secondary N) is 1. The third kappa shape index (κ3) is 4.83.